The minimum atomic E-state index is -0.392. The standard InChI is InChI=1S/C23H17FN4O2S.C2H7N/c24-22-16(15-6-8-17(27-13-15)14-4-2-1-3-5-14)7-9-18-23(22)31-21(28-18)12-20(26)30-19(25)10-11-29;1-3-2/h1-9,11,13,25-26H,10,12H2;3H,1-2H3. The minimum absolute atomic E-state index is 0.0166. The predicted octanol–water partition coefficient (Wildman–Crippen LogP) is 5.10. The van der Waals surface area contributed by atoms with Gasteiger partial charge >= 0.3 is 0 Å². The van der Waals surface area contributed by atoms with Gasteiger partial charge in [-0.25, -0.2) is 9.37 Å². The Kier molecular flexibility index (Phi) is 8.66. The molecule has 0 aliphatic carbocycles. The fourth-order valence-corrected chi connectivity index (χ4v) is 4.08. The Morgan fingerprint density at radius 3 is 2.44 bits per heavy atom. The lowest BCUT2D eigenvalue weighted by Gasteiger charge is -2.05. The van der Waals surface area contributed by atoms with Crippen molar-refractivity contribution in [1.29, 1.82) is 10.8 Å². The quantitative estimate of drug-likeness (QED) is 0.203. The number of rotatable bonds is 6. The summed E-state index contributed by atoms with van der Waals surface area (Å²) in [4.78, 5) is 19.2. The van der Waals surface area contributed by atoms with Crippen molar-refractivity contribution in [1.82, 2.24) is 15.3 Å². The Morgan fingerprint density at radius 2 is 1.79 bits per heavy atom. The number of carbonyl (C=O) groups excluding carboxylic acids is 1. The van der Waals surface area contributed by atoms with Gasteiger partial charge in [0.05, 0.1) is 28.8 Å². The number of benzene rings is 2. The van der Waals surface area contributed by atoms with Gasteiger partial charge in [-0.2, -0.15) is 0 Å². The third-order valence-electron chi connectivity index (χ3n) is 4.51. The van der Waals surface area contributed by atoms with Crippen LogP contribution in [0.2, 0.25) is 0 Å². The van der Waals surface area contributed by atoms with Gasteiger partial charge in [0.1, 0.15) is 11.3 Å². The van der Waals surface area contributed by atoms with Gasteiger partial charge in [-0.15, -0.1) is 11.3 Å². The number of aromatic nitrogens is 2. The molecule has 0 bridgehead atoms. The molecule has 2 heterocycles. The van der Waals surface area contributed by atoms with Crippen molar-refractivity contribution in [3.63, 3.8) is 0 Å². The third-order valence-corrected chi connectivity index (χ3v) is 5.58. The summed E-state index contributed by atoms with van der Waals surface area (Å²) < 4.78 is 20.6. The first-order valence-electron chi connectivity index (χ1n) is 10.4. The average Bonchev–Trinajstić information content (AvgIpc) is 3.24. The molecular weight excluding hydrogens is 453 g/mol. The lowest BCUT2D eigenvalue weighted by atomic mass is 10.0. The van der Waals surface area contributed by atoms with Crippen LogP contribution in [0.25, 0.3) is 32.6 Å². The predicted molar refractivity (Wildman–Crippen MR) is 134 cm³/mol. The largest absolute Gasteiger partial charge is 0.429 e. The second-order valence-electron chi connectivity index (χ2n) is 7.18. The van der Waals surface area contributed by atoms with E-state index < -0.39 is 5.82 Å². The van der Waals surface area contributed by atoms with Gasteiger partial charge in [0.2, 0.25) is 0 Å². The molecule has 0 amide bonds. The summed E-state index contributed by atoms with van der Waals surface area (Å²) in [5.41, 5.74) is 3.37. The lowest BCUT2D eigenvalue weighted by Crippen LogP contribution is -2.13. The number of nitrogens with zero attached hydrogens (tertiary/aromatic N) is 2. The molecule has 174 valence electrons. The molecule has 4 aromatic rings. The van der Waals surface area contributed by atoms with Crippen LogP contribution in [0.1, 0.15) is 11.4 Å². The molecule has 34 heavy (non-hydrogen) atoms. The summed E-state index contributed by atoms with van der Waals surface area (Å²) in [5, 5.41) is 18.5. The average molecular weight is 478 g/mol. The molecule has 4 rings (SSSR count). The van der Waals surface area contributed by atoms with Crippen LogP contribution < -0.4 is 5.32 Å². The third kappa shape index (κ3) is 6.15. The second kappa shape index (κ2) is 11.9. The number of pyridine rings is 1. The fourth-order valence-electron chi connectivity index (χ4n) is 3.08. The van der Waals surface area contributed by atoms with E-state index in [-0.39, 0.29) is 24.6 Å². The molecule has 7 nitrogen and oxygen atoms in total. The maximum Gasteiger partial charge on any atom is 0.196 e. The van der Waals surface area contributed by atoms with E-state index in [1.54, 1.807) is 18.3 Å². The van der Waals surface area contributed by atoms with Crippen LogP contribution in [0.5, 0.6) is 0 Å². The first kappa shape index (κ1) is 24.8. The zero-order valence-corrected chi connectivity index (χ0v) is 19.6. The van der Waals surface area contributed by atoms with Crippen LogP contribution >= 0.6 is 11.3 Å². The molecular formula is C25H24FN5O2S. The summed E-state index contributed by atoms with van der Waals surface area (Å²) in [6.45, 7) is 0. The zero-order valence-electron chi connectivity index (χ0n) is 18.8. The number of ether oxygens (including phenoxy) is 1. The van der Waals surface area contributed by atoms with E-state index in [0.29, 0.717) is 32.6 Å². The summed E-state index contributed by atoms with van der Waals surface area (Å²) in [7, 11) is 3.75. The Balaban J connectivity index is 0.00000103. The van der Waals surface area contributed by atoms with Gasteiger partial charge in [0.15, 0.2) is 17.6 Å². The number of fused-ring (bicyclic) bond motifs is 1. The zero-order chi connectivity index (χ0) is 24.5. The molecule has 0 unspecified atom stereocenters. The number of hydrogen-bond donors (Lipinski definition) is 3. The second-order valence-corrected chi connectivity index (χ2v) is 8.26. The molecule has 0 radical (unpaired) electrons. The normalized spacial score (nSPS) is 10.3. The van der Waals surface area contributed by atoms with Crippen molar-refractivity contribution in [3.8, 4) is 22.4 Å². The molecule has 0 spiro atoms. The number of thiazole rings is 1. The summed E-state index contributed by atoms with van der Waals surface area (Å²) >= 11 is 1.13. The Labute approximate surface area is 200 Å². The summed E-state index contributed by atoms with van der Waals surface area (Å²) in [6.07, 6.45) is 2.00. The number of hydrogen-bond acceptors (Lipinski definition) is 8. The monoisotopic (exact) mass is 477 g/mol. The number of halogens is 1. The van der Waals surface area contributed by atoms with Crippen LogP contribution in [-0.2, 0) is 16.0 Å². The van der Waals surface area contributed by atoms with E-state index in [2.05, 4.69) is 15.3 Å². The van der Waals surface area contributed by atoms with Gasteiger partial charge in [0, 0.05) is 22.9 Å². The lowest BCUT2D eigenvalue weighted by molar-refractivity contribution is -0.107. The first-order chi connectivity index (χ1) is 16.5. The highest BCUT2D eigenvalue weighted by atomic mass is 32.1. The fraction of sp³-hybridized carbons (Fsp3) is 0.160. The molecule has 2 aromatic heterocycles. The molecule has 0 saturated carbocycles. The highest BCUT2D eigenvalue weighted by molar-refractivity contribution is 7.18. The molecule has 0 aliphatic heterocycles. The number of aldehydes is 1. The van der Waals surface area contributed by atoms with Gasteiger partial charge in [0.25, 0.3) is 0 Å². The maximum absolute atomic E-state index is 15.2. The van der Waals surface area contributed by atoms with Crippen LogP contribution in [0.15, 0.2) is 60.8 Å². The minimum Gasteiger partial charge on any atom is -0.429 e. The van der Waals surface area contributed by atoms with Crippen LogP contribution in [0.3, 0.4) is 0 Å². The van der Waals surface area contributed by atoms with Gasteiger partial charge in [-0.3, -0.25) is 15.8 Å². The Hall–Kier alpha value is -3.82. The number of nitrogens with one attached hydrogen (secondary N) is 3. The van der Waals surface area contributed by atoms with Gasteiger partial charge < -0.3 is 14.8 Å². The highest BCUT2D eigenvalue weighted by Gasteiger charge is 2.16. The Bertz CT molecular complexity index is 1290. The molecule has 3 N–H and O–H groups in total. The van der Waals surface area contributed by atoms with E-state index in [0.717, 1.165) is 22.6 Å². The SMILES string of the molecule is CNC.N=C(CC=O)OC(=N)Cc1nc2ccc(-c3ccc(-c4ccccc4)nc3)c(F)c2s1. The van der Waals surface area contributed by atoms with E-state index in [4.69, 9.17) is 15.6 Å². The highest BCUT2D eigenvalue weighted by Crippen LogP contribution is 2.33. The summed E-state index contributed by atoms with van der Waals surface area (Å²) in [6, 6.07) is 16.9. The van der Waals surface area contributed by atoms with Crippen molar-refractivity contribution in [2.45, 2.75) is 12.8 Å². The smallest absolute Gasteiger partial charge is 0.196 e. The van der Waals surface area contributed by atoms with Crippen molar-refractivity contribution in [2.24, 2.45) is 0 Å². The van der Waals surface area contributed by atoms with Gasteiger partial charge in [-0.05, 0) is 32.3 Å². The van der Waals surface area contributed by atoms with Crippen molar-refractivity contribution in [3.05, 3.63) is 71.6 Å². The van der Waals surface area contributed by atoms with E-state index in [1.807, 2.05) is 56.6 Å². The summed E-state index contributed by atoms with van der Waals surface area (Å²) in [5.74, 6) is -0.912. The van der Waals surface area contributed by atoms with Crippen LogP contribution in [-0.4, -0.2) is 42.1 Å². The van der Waals surface area contributed by atoms with Crippen LogP contribution in [0.4, 0.5) is 4.39 Å². The molecule has 2 aromatic carbocycles. The van der Waals surface area contributed by atoms with Crippen molar-refractivity contribution >= 4 is 39.6 Å². The Morgan fingerprint density at radius 1 is 1.06 bits per heavy atom. The number of carbonyl (C=O) groups is 1. The topological polar surface area (TPSA) is 112 Å². The molecule has 0 saturated heterocycles. The van der Waals surface area contributed by atoms with E-state index in [1.165, 1.54) is 0 Å². The molecule has 9 heteroatoms. The molecule has 0 atom stereocenters. The van der Waals surface area contributed by atoms with Crippen molar-refractivity contribution in [2.75, 3.05) is 14.1 Å². The molecule has 0 fully saturated rings. The van der Waals surface area contributed by atoms with E-state index in [9.17, 15) is 4.79 Å². The molecule has 0 aliphatic rings. The maximum atomic E-state index is 15.2. The van der Waals surface area contributed by atoms with Crippen LogP contribution in [0, 0.1) is 16.6 Å². The van der Waals surface area contributed by atoms with E-state index >= 15 is 4.39 Å². The van der Waals surface area contributed by atoms with Gasteiger partial charge in [-0.1, -0.05) is 36.4 Å². The first-order valence-corrected chi connectivity index (χ1v) is 11.2. The van der Waals surface area contributed by atoms with Crippen molar-refractivity contribution < 1.29 is 13.9 Å².